The van der Waals surface area contributed by atoms with E-state index in [9.17, 15) is 19.8 Å². The molecule has 0 saturated heterocycles. The summed E-state index contributed by atoms with van der Waals surface area (Å²) < 4.78 is 0. The number of carboxylic acid groups (broad SMARTS) is 2. The number of carboxylic acids is 2. The van der Waals surface area contributed by atoms with Crippen LogP contribution in [0.5, 0.6) is 0 Å². The summed E-state index contributed by atoms with van der Waals surface area (Å²) in [6.07, 6.45) is 3.52. The Morgan fingerprint density at radius 1 is 1.24 bits per heavy atom. The molecule has 0 N–H and O–H groups in total. The molecule has 0 amide bonds. The van der Waals surface area contributed by atoms with Gasteiger partial charge < -0.3 is 19.8 Å². The summed E-state index contributed by atoms with van der Waals surface area (Å²) in [6.45, 7) is 8.42. The van der Waals surface area contributed by atoms with Crippen molar-refractivity contribution in [3.63, 3.8) is 0 Å². The Labute approximate surface area is 116 Å². The van der Waals surface area contributed by atoms with Gasteiger partial charge in [0.15, 0.2) is 0 Å². The molecule has 17 heavy (non-hydrogen) atoms. The van der Waals surface area contributed by atoms with Crippen LogP contribution in [0.1, 0.15) is 46.5 Å². The Morgan fingerprint density at radius 3 is 1.82 bits per heavy atom. The molecule has 0 bridgehead atoms. The topological polar surface area (TPSA) is 80.3 Å². The normalized spacial score (nSPS) is 10.3. The van der Waals surface area contributed by atoms with Crippen molar-refractivity contribution < 1.29 is 39.3 Å². The van der Waals surface area contributed by atoms with Gasteiger partial charge in [0.2, 0.25) is 0 Å². The summed E-state index contributed by atoms with van der Waals surface area (Å²) in [6, 6.07) is 0. The fourth-order valence-electron chi connectivity index (χ4n) is 0.939. The molecule has 0 spiro atoms. The minimum Gasteiger partial charge on any atom is -0.550 e. The maximum atomic E-state index is 10.3. The van der Waals surface area contributed by atoms with Gasteiger partial charge in [0, 0.05) is 5.97 Å². The Bertz CT molecular complexity index is 227. The molecule has 0 rings (SSSR count). The second kappa shape index (κ2) is 13.4. The molecule has 5 heteroatoms. The minimum absolute atomic E-state index is 0. The molecule has 0 aromatic heterocycles. The molecule has 4 nitrogen and oxygen atoms in total. The van der Waals surface area contributed by atoms with Crippen molar-refractivity contribution in [2.75, 3.05) is 0 Å². The molecule has 0 aromatic rings. The molecule has 1 atom stereocenters. The van der Waals surface area contributed by atoms with Crippen molar-refractivity contribution >= 4 is 11.9 Å². The first-order chi connectivity index (χ1) is 7.36. The molecule has 0 heterocycles. The van der Waals surface area contributed by atoms with E-state index in [1.165, 1.54) is 6.92 Å². The number of carbonyl (C=O) groups is 2. The first kappa shape index (κ1) is 21.6. The smallest absolute Gasteiger partial charge is 0.550 e. The zero-order valence-corrected chi connectivity index (χ0v) is 13.9. The fraction of sp³-hybridized carbons (Fsp3) is 0.667. The number of carbonyl (C=O) groups excluding carboxylic acids is 2. The second-order valence-electron chi connectivity index (χ2n) is 3.63. The van der Waals surface area contributed by atoms with E-state index in [0.717, 1.165) is 19.3 Å². The minimum atomic E-state index is -1.19. The van der Waals surface area contributed by atoms with Gasteiger partial charge >= 0.3 is 19.5 Å². The molecule has 0 aliphatic heterocycles. The zero-order valence-electron chi connectivity index (χ0n) is 11.0. The first-order valence-corrected chi connectivity index (χ1v) is 5.44. The Morgan fingerprint density at radius 2 is 1.65 bits per heavy atom. The van der Waals surface area contributed by atoms with Gasteiger partial charge in [-0.15, -0.1) is 0 Å². The molecule has 94 valence electrons. The SMILES string of the molecule is C=C(C)C(=O)[O-].CCCCC(CC)C(=O)[O-].[Zn+2]. The summed E-state index contributed by atoms with van der Waals surface area (Å²) in [4.78, 5) is 19.8. The van der Waals surface area contributed by atoms with Gasteiger partial charge in [-0.05, 0) is 31.3 Å². The van der Waals surface area contributed by atoms with E-state index in [4.69, 9.17) is 0 Å². The van der Waals surface area contributed by atoms with Crippen LogP contribution >= 0.6 is 0 Å². The van der Waals surface area contributed by atoms with Crippen molar-refractivity contribution in [1.82, 2.24) is 0 Å². The molecule has 1 unspecified atom stereocenters. The number of rotatable bonds is 6. The van der Waals surface area contributed by atoms with E-state index < -0.39 is 11.9 Å². The van der Waals surface area contributed by atoms with Gasteiger partial charge in [0.1, 0.15) is 0 Å². The first-order valence-electron chi connectivity index (χ1n) is 5.44. The van der Waals surface area contributed by atoms with Crippen molar-refractivity contribution in [1.29, 1.82) is 0 Å². The van der Waals surface area contributed by atoms with Crippen molar-refractivity contribution in [3.8, 4) is 0 Å². The third kappa shape index (κ3) is 15.3. The molecule has 0 fully saturated rings. The van der Waals surface area contributed by atoms with E-state index >= 15 is 0 Å². The number of hydrogen-bond donors (Lipinski definition) is 0. The van der Waals surface area contributed by atoms with E-state index in [0.29, 0.717) is 6.42 Å². The van der Waals surface area contributed by atoms with Crippen molar-refractivity contribution in [3.05, 3.63) is 12.2 Å². The summed E-state index contributed by atoms with van der Waals surface area (Å²) in [5, 5.41) is 19.8. The monoisotopic (exact) mass is 292 g/mol. The third-order valence-corrected chi connectivity index (χ3v) is 2.08. The van der Waals surface area contributed by atoms with Crippen molar-refractivity contribution in [2.45, 2.75) is 46.5 Å². The van der Waals surface area contributed by atoms with E-state index in [1.54, 1.807) is 0 Å². The van der Waals surface area contributed by atoms with Crippen LogP contribution in [0.15, 0.2) is 12.2 Å². The number of hydrogen-bond acceptors (Lipinski definition) is 4. The van der Waals surface area contributed by atoms with Gasteiger partial charge in [-0.3, -0.25) is 0 Å². The van der Waals surface area contributed by atoms with E-state index in [1.807, 2.05) is 6.92 Å². The molecule has 0 radical (unpaired) electrons. The molecular formula is C12H20O4Zn. The summed E-state index contributed by atoms with van der Waals surface area (Å²) in [7, 11) is 0. The van der Waals surface area contributed by atoms with E-state index in [2.05, 4.69) is 13.5 Å². The average Bonchev–Trinajstić information content (AvgIpc) is 2.19. The third-order valence-electron chi connectivity index (χ3n) is 2.08. The van der Waals surface area contributed by atoms with Gasteiger partial charge in [0.05, 0.1) is 5.97 Å². The predicted molar refractivity (Wildman–Crippen MR) is 58.1 cm³/mol. The van der Waals surface area contributed by atoms with Crippen LogP contribution in [0.3, 0.4) is 0 Å². The molecular weight excluding hydrogens is 274 g/mol. The van der Waals surface area contributed by atoms with Gasteiger partial charge in [0.25, 0.3) is 0 Å². The molecule has 0 aliphatic rings. The van der Waals surface area contributed by atoms with Crippen LogP contribution in [0, 0.1) is 5.92 Å². The largest absolute Gasteiger partial charge is 2.00 e. The number of aliphatic carboxylic acids is 2. The predicted octanol–water partition coefficient (Wildman–Crippen LogP) is 0.263. The van der Waals surface area contributed by atoms with Crippen molar-refractivity contribution in [2.24, 2.45) is 5.92 Å². The number of unbranched alkanes of at least 4 members (excludes halogenated alkanes) is 1. The maximum Gasteiger partial charge on any atom is 2.00 e. The van der Waals surface area contributed by atoms with Gasteiger partial charge in [-0.2, -0.15) is 0 Å². The maximum absolute atomic E-state index is 10.3. The standard InChI is InChI=1S/C8H16O2.C4H6O2.Zn/c1-3-5-6-7(4-2)8(9)10;1-3(2)4(5)6;/h7H,3-6H2,1-2H3,(H,9,10);1H2,2H3,(H,5,6);/q;;+2/p-2. The van der Waals surface area contributed by atoms with Crippen LogP contribution in [-0.2, 0) is 29.1 Å². The second-order valence-corrected chi connectivity index (χ2v) is 3.63. The summed E-state index contributed by atoms with van der Waals surface area (Å²) >= 11 is 0. The molecule has 0 saturated carbocycles. The zero-order chi connectivity index (χ0) is 13.1. The van der Waals surface area contributed by atoms with Gasteiger partial charge in [-0.1, -0.05) is 33.3 Å². The van der Waals surface area contributed by atoms with Crippen LogP contribution in [0.25, 0.3) is 0 Å². The van der Waals surface area contributed by atoms with Crippen LogP contribution < -0.4 is 10.2 Å². The van der Waals surface area contributed by atoms with Crippen LogP contribution in [0.4, 0.5) is 0 Å². The quantitative estimate of drug-likeness (QED) is 0.520. The Hall–Kier alpha value is -0.697. The Balaban J connectivity index is -0.000000244. The molecule has 0 aromatic carbocycles. The summed E-state index contributed by atoms with van der Waals surface area (Å²) in [5.74, 6) is -2.30. The van der Waals surface area contributed by atoms with Crippen LogP contribution in [0.2, 0.25) is 0 Å². The summed E-state index contributed by atoms with van der Waals surface area (Å²) in [5.41, 5.74) is 0.0648. The van der Waals surface area contributed by atoms with E-state index in [-0.39, 0.29) is 31.0 Å². The Kier molecular flexibility index (Phi) is 17.0. The average molecular weight is 294 g/mol. The fourth-order valence-corrected chi connectivity index (χ4v) is 0.939. The van der Waals surface area contributed by atoms with Gasteiger partial charge in [-0.25, -0.2) is 0 Å². The molecule has 0 aliphatic carbocycles. The van der Waals surface area contributed by atoms with Crippen LogP contribution in [-0.4, -0.2) is 11.9 Å².